The van der Waals surface area contributed by atoms with Gasteiger partial charge in [-0.2, -0.15) is 0 Å². The van der Waals surface area contributed by atoms with E-state index in [0.717, 1.165) is 29.7 Å². The summed E-state index contributed by atoms with van der Waals surface area (Å²) in [5.74, 6) is 0.291. The van der Waals surface area contributed by atoms with Crippen molar-refractivity contribution < 1.29 is 14.4 Å². The second-order valence-corrected chi connectivity index (χ2v) is 8.20. The van der Waals surface area contributed by atoms with Crippen molar-refractivity contribution in [3.8, 4) is 0 Å². The van der Waals surface area contributed by atoms with Crippen LogP contribution in [0.25, 0.3) is 0 Å². The van der Waals surface area contributed by atoms with E-state index in [4.69, 9.17) is 0 Å². The van der Waals surface area contributed by atoms with Gasteiger partial charge in [-0.15, -0.1) is 0 Å². The van der Waals surface area contributed by atoms with E-state index < -0.39 is 0 Å². The topological polar surface area (TPSA) is 73.0 Å². The van der Waals surface area contributed by atoms with E-state index in [2.05, 4.69) is 10.2 Å². The minimum Gasteiger partial charge on any atom is -0.343 e. The standard InChI is InChI=1S/C22H32N4O3/c1-16-5-4-6-17(2)21(16)23-20(28)15-24-11-13-26(14-12-24)22(29)19-7-9-25(10-8-19)18(3)27/h4-6,19H,7-15H2,1-3H3,(H,23,28). The number of anilines is 1. The van der Waals surface area contributed by atoms with Crippen molar-refractivity contribution in [2.24, 2.45) is 5.92 Å². The number of benzene rings is 1. The van der Waals surface area contributed by atoms with Crippen LogP contribution in [0.5, 0.6) is 0 Å². The summed E-state index contributed by atoms with van der Waals surface area (Å²) in [5, 5.41) is 3.03. The number of piperidine rings is 1. The molecule has 2 aliphatic heterocycles. The van der Waals surface area contributed by atoms with E-state index >= 15 is 0 Å². The van der Waals surface area contributed by atoms with E-state index in [1.54, 1.807) is 6.92 Å². The highest BCUT2D eigenvalue weighted by molar-refractivity contribution is 5.93. The van der Waals surface area contributed by atoms with Crippen LogP contribution in [0.2, 0.25) is 0 Å². The molecular weight excluding hydrogens is 368 g/mol. The summed E-state index contributed by atoms with van der Waals surface area (Å²) in [4.78, 5) is 42.6. The molecule has 158 valence electrons. The normalized spacial score (nSPS) is 18.6. The Bertz CT molecular complexity index is 743. The van der Waals surface area contributed by atoms with E-state index in [9.17, 15) is 14.4 Å². The number of rotatable bonds is 4. The van der Waals surface area contributed by atoms with Gasteiger partial charge in [-0.1, -0.05) is 18.2 Å². The van der Waals surface area contributed by atoms with Crippen LogP contribution in [0.3, 0.4) is 0 Å². The highest BCUT2D eigenvalue weighted by Crippen LogP contribution is 2.21. The van der Waals surface area contributed by atoms with E-state index in [0.29, 0.717) is 45.8 Å². The molecule has 0 radical (unpaired) electrons. The van der Waals surface area contributed by atoms with Gasteiger partial charge < -0.3 is 15.1 Å². The minimum absolute atomic E-state index is 0.0150. The highest BCUT2D eigenvalue weighted by atomic mass is 16.2. The summed E-state index contributed by atoms with van der Waals surface area (Å²) in [5.41, 5.74) is 3.01. The predicted octanol–water partition coefficient (Wildman–Crippen LogP) is 1.64. The second kappa shape index (κ2) is 9.39. The largest absolute Gasteiger partial charge is 0.343 e. The van der Waals surface area contributed by atoms with Crippen LogP contribution in [-0.2, 0) is 14.4 Å². The molecule has 0 saturated carbocycles. The molecule has 2 saturated heterocycles. The van der Waals surface area contributed by atoms with Crippen molar-refractivity contribution in [3.63, 3.8) is 0 Å². The number of piperazine rings is 1. The van der Waals surface area contributed by atoms with Crippen LogP contribution in [0.15, 0.2) is 18.2 Å². The summed E-state index contributed by atoms with van der Waals surface area (Å²) in [7, 11) is 0. The number of carbonyl (C=O) groups is 3. The highest BCUT2D eigenvalue weighted by Gasteiger charge is 2.31. The Hall–Kier alpha value is -2.41. The fourth-order valence-corrected chi connectivity index (χ4v) is 4.22. The van der Waals surface area contributed by atoms with Crippen LogP contribution in [0, 0.1) is 19.8 Å². The van der Waals surface area contributed by atoms with Crippen molar-refractivity contribution >= 4 is 23.4 Å². The predicted molar refractivity (Wildman–Crippen MR) is 113 cm³/mol. The van der Waals surface area contributed by atoms with Crippen LogP contribution in [0.1, 0.15) is 30.9 Å². The summed E-state index contributed by atoms with van der Waals surface area (Å²) >= 11 is 0. The first-order valence-corrected chi connectivity index (χ1v) is 10.5. The number of hydrogen-bond donors (Lipinski definition) is 1. The average molecular weight is 401 g/mol. The van der Waals surface area contributed by atoms with Gasteiger partial charge in [-0.3, -0.25) is 19.3 Å². The molecule has 2 heterocycles. The third-order valence-electron chi connectivity index (χ3n) is 6.09. The lowest BCUT2D eigenvalue weighted by Crippen LogP contribution is -2.53. The first-order chi connectivity index (χ1) is 13.8. The zero-order valence-corrected chi connectivity index (χ0v) is 17.7. The van der Waals surface area contributed by atoms with E-state index in [1.165, 1.54) is 0 Å². The zero-order valence-electron chi connectivity index (χ0n) is 17.7. The number of hydrogen-bond acceptors (Lipinski definition) is 4. The molecule has 7 heteroatoms. The molecule has 7 nitrogen and oxygen atoms in total. The first-order valence-electron chi connectivity index (χ1n) is 10.5. The van der Waals surface area contributed by atoms with Gasteiger partial charge in [0.1, 0.15) is 0 Å². The molecular formula is C22H32N4O3. The molecule has 0 spiro atoms. The molecule has 29 heavy (non-hydrogen) atoms. The van der Waals surface area contributed by atoms with Crippen LogP contribution >= 0.6 is 0 Å². The Labute approximate surface area is 173 Å². The van der Waals surface area contributed by atoms with Crippen molar-refractivity contribution in [3.05, 3.63) is 29.3 Å². The Morgan fingerprint density at radius 2 is 1.52 bits per heavy atom. The van der Waals surface area contributed by atoms with Crippen LogP contribution < -0.4 is 5.32 Å². The Morgan fingerprint density at radius 1 is 0.931 bits per heavy atom. The lowest BCUT2D eigenvalue weighted by atomic mass is 9.95. The molecule has 0 unspecified atom stereocenters. The molecule has 2 fully saturated rings. The fourth-order valence-electron chi connectivity index (χ4n) is 4.22. The van der Waals surface area contributed by atoms with Crippen LogP contribution in [-0.4, -0.2) is 78.2 Å². The molecule has 1 aromatic carbocycles. The van der Waals surface area contributed by atoms with Gasteiger partial charge in [0.25, 0.3) is 0 Å². The van der Waals surface area contributed by atoms with Crippen molar-refractivity contribution in [1.82, 2.24) is 14.7 Å². The number of carbonyl (C=O) groups excluding carboxylic acids is 3. The minimum atomic E-state index is -0.0150. The quantitative estimate of drug-likeness (QED) is 0.834. The van der Waals surface area contributed by atoms with Crippen molar-refractivity contribution in [2.75, 3.05) is 51.1 Å². The van der Waals surface area contributed by atoms with Gasteiger partial charge in [-0.25, -0.2) is 0 Å². The summed E-state index contributed by atoms with van der Waals surface area (Å²) in [6.45, 7) is 9.97. The third-order valence-corrected chi connectivity index (χ3v) is 6.09. The molecule has 3 amide bonds. The molecule has 1 N–H and O–H groups in total. The lowest BCUT2D eigenvalue weighted by Gasteiger charge is -2.38. The molecule has 1 aromatic rings. The van der Waals surface area contributed by atoms with Gasteiger partial charge in [0, 0.05) is 57.8 Å². The summed E-state index contributed by atoms with van der Waals surface area (Å²) in [6, 6.07) is 5.97. The Morgan fingerprint density at radius 3 is 2.07 bits per heavy atom. The summed E-state index contributed by atoms with van der Waals surface area (Å²) < 4.78 is 0. The third kappa shape index (κ3) is 5.35. The number of likely N-dealkylation sites (tertiary alicyclic amines) is 1. The Kier molecular flexibility index (Phi) is 6.90. The van der Waals surface area contributed by atoms with Gasteiger partial charge in [0.15, 0.2) is 0 Å². The Balaban J connectivity index is 1.44. The smallest absolute Gasteiger partial charge is 0.238 e. The molecule has 0 bridgehead atoms. The van der Waals surface area contributed by atoms with Gasteiger partial charge >= 0.3 is 0 Å². The van der Waals surface area contributed by atoms with E-state index in [1.807, 2.05) is 41.8 Å². The number of amides is 3. The number of aryl methyl sites for hydroxylation is 2. The zero-order chi connectivity index (χ0) is 21.0. The molecule has 0 aliphatic carbocycles. The number of nitrogens with one attached hydrogen (secondary N) is 1. The van der Waals surface area contributed by atoms with E-state index in [-0.39, 0.29) is 23.6 Å². The van der Waals surface area contributed by atoms with Gasteiger partial charge in [-0.05, 0) is 37.8 Å². The SMILES string of the molecule is CC(=O)N1CCC(C(=O)N2CCN(CC(=O)Nc3c(C)cccc3C)CC2)CC1. The lowest BCUT2D eigenvalue weighted by molar-refractivity contribution is -0.141. The first kappa shape index (κ1) is 21.3. The van der Waals surface area contributed by atoms with Crippen LogP contribution in [0.4, 0.5) is 5.69 Å². The second-order valence-electron chi connectivity index (χ2n) is 8.20. The number of nitrogens with zero attached hydrogens (tertiary/aromatic N) is 3. The maximum Gasteiger partial charge on any atom is 0.238 e. The fraction of sp³-hybridized carbons (Fsp3) is 0.591. The van der Waals surface area contributed by atoms with Gasteiger partial charge in [0.2, 0.25) is 17.7 Å². The average Bonchev–Trinajstić information content (AvgIpc) is 2.71. The molecule has 3 rings (SSSR count). The molecule has 0 aromatic heterocycles. The van der Waals surface area contributed by atoms with Crippen molar-refractivity contribution in [2.45, 2.75) is 33.6 Å². The van der Waals surface area contributed by atoms with Gasteiger partial charge in [0.05, 0.1) is 6.54 Å². The molecule has 2 aliphatic rings. The monoisotopic (exact) mass is 400 g/mol. The summed E-state index contributed by atoms with van der Waals surface area (Å²) in [6.07, 6.45) is 1.49. The maximum absolute atomic E-state index is 12.8. The number of para-hydroxylation sites is 1. The van der Waals surface area contributed by atoms with Crippen molar-refractivity contribution in [1.29, 1.82) is 0 Å². The molecule has 0 atom stereocenters. The maximum atomic E-state index is 12.8.